The molecule has 0 bridgehead atoms. The Kier molecular flexibility index (Phi) is 6.39. The maximum Gasteiger partial charge on any atom is 0.208 e. The van der Waals surface area contributed by atoms with Crippen molar-refractivity contribution >= 4 is 40.1 Å². The first kappa shape index (κ1) is 22.0. The van der Waals surface area contributed by atoms with Gasteiger partial charge in [0.1, 0.15) is 11.3 Å². The fraction of sp³-hybridized carbons (Fsp3) is 0.292. The van der Waals surface area contributed by atoms with E-state index in [1.165, 1.54) is 11.8 Å². The van der Waals surface area contributed by atoms with E-state index in [0.29, 0.717) is 28.1 Å². The van der Waals surface area contributed by atoms with E-state index in [9.17, 15) is 4.79 Å². The molecule has 5 rings (SSSR count). The van der Waals surface area contributed by atoms with E-state index in [1.807, 2.05) is 28.8 Å². The number of aromatic nitrogens is 3. The third-order valence-electron chi connectivity index (χ3n) is 5.56. The van der Waals surface area contributed by atoms with Crippen molar-refractivity contribution in [2.24, 2.45) is 0 Å². The van der Waals surface area contributed by atoms with E-state index >= 15 is 0 Å². The minimum atomic E-state index is -0.120. The number of hydrogen-bond acceptors (Lipinski definition) is 7. The molecule has 1 aliphatic rings. The zero-order valence-corrected chi connectivity index (χ0v) is 19.6. The summed E-state index contributed by atoms with van der Waals surface area (Å²) in [6.07, 6.45) is 2.14. The number of nitrogens with zero attached hydrogens (tertiary/aromatic N) is 3. The van der Waals surface area contributed by atoms with Gasteiger partial charge in [-0.25, -0.2) is 0 Å². The number of fused-ring (bicyclic) bond motifs is 1. The van der Waals surface area contributed by atoms with Gasteiger partial charge < -0.3 is 13.9 Å². The van der Waals surface area contributed by atoms with Gasteiger partial charge in [0.2, 0.25) is 5.78 Å². The van der Waals surface area contributed by atoms with Gasteiger partial charge in [-0.1, -0.05) is 23.4 Å². The second kappa shape index (κ2) is 9.59. The van der Waals surface area contributed by atoms with Crippen LogP contribution < -0.4 is 4.74 Å². The number of ether oxygens (including phenoxy) is 2. The van der Waals surface area contributed by atoms with Gasteiger partial charge in [-0.05, 0) is 61.4 Å². The lowest BCUT2D eigenvalue weighted by atomic mass is 10.2. The van der Waals surface area contributed by atoms with Crippen molar-refractivity contribution in [3.8, 4) is 17.1 Å². The Bertz CT molecular complexity index is 1280. The molecule has 1 fully saturated rings. The Morgan fingerprint density at radius 2 is 2.06 bits per heavy atom. The van der Waals surface area contributed by atoms with Crippen LogP contribution >= 0.6 is 23.4 Å². The van der Waals surface area contributed by atoms with Gasteiger partial charge in [0.15, 0.2) is 16.7 Å². The average molecular weight is 484 g/mol. The van der Waals surface area contributed by atoms with E-state index in [1.54, 1.807) is 31.4 Å². The lowest BCUT2D eigenvalue weighted by Crippen LogP contribution is -2.17. The second-order valence-electron chi connectivity index (χ2n) is 7.78. The Balaban J connectivity index is 1.37. The lowest BCUT2D eigenvalue weighted by molar-refractivity contribution is 0.0953. The molecule has 0 aliphatic carbocycles. The fourth-order valence-corrected chi connectivity index (χ4v) is 4.86. The molecule has 7 nitrogen and oxygen atoms in total. The van der Waals surface area contributed by atoms with Crippen LogP contribution in [0.3, 0.4) is 0 Å². The summed E-state index contributed by atoms with van der Waals surface area (Å²) in [5, 5.41) is 10.9. The first-order chi connectivity index (χ1) is 16.1. The Labute approximate surface area is 200 Å². The molecule has 1 atom stereocenters. The van der Waals surface area contributed by atoms with Crippen LogP contribution in [0.15, 0.2) is 58.1 Å². The molecule has 2 aromatic carbocycles. The highest BCUT2D eigenvalue weighted by atomic mass is 35.5. The number of Topliss-reactive ketones (excluding diaryl/α,β-unsaturated/α-hetero) is 1. The van der Waals surface area contributed by atoms with Crippen molar-refractivity contribution in [2.75, 3.05) is 19.5 Å². The quantitative estimate of drug-likeness (QED) is 0.241. The van der Waals surface area contributed by atoms with Crippen molar-refractivity contribution in [3.63, 3.8) is 0 Å². The van der Waals surface area contributed by atoms with Crippen molar-refractivity contribution in [1.29, 1.82) is 0 Å². The molecule has 33 heavy (non-hydrogen) atoms. The Morgan fingerprint density at radius 1 is 1.21 bits per heavy atom. The summed E-state index contributed by atoms with van der Waals surface area (Å²) in [6.45, 7) is 1.40. The maximum absolute atomic E-state index is 12.8. The van der Waals surface area contributed by atoms with Gasteiger partial charge in [0.05, 0.1) is 25.5 Å². The number of rotatable bonds is 8. The Morgan fingerprint density at radius 3 is 2.82 bits per heavy atom. The van der Waals surface area contributed by atoms with E-state index in [2.05, 4.69) is 10.2 Å². The zero-order valence-electron chi connectivity index (χ0n) is 18.0. The van der Waals surface area contributed by atoms with Gasteiger partial charge in [-0.3, -0.25) is 9.36 Å². The first-order valence-electron chi connectivity index (χ1n) is 10.6. The number of ketones is 1. The number of furan rings is 1. The molecule has 0 spiro atoms. The molecule has 0 saturated carbocycles. The molecule has 9 heteroatoms. The molecule has 1 aliphatic heterocycles. The van der Waals surface area contributed by atoms with Gasteiger partial charge in [0.25, 0.3) is 0 Å². The molecule has 170 valence electrons. The Hall–Kier alpha value is -2.81. The van der Waals surface area contributed by atoms with Crippen molar-refractivity contribution in [1.82, 2.24) is 14.8 Å². The van der Waals surface area contributed by atoms with E-state index in [-0.39, 0.29) is 17.6 Å². The highest BCUT2D eigenvalue weighted by Gasteiger charge is 2.23. The summed E-state index contributed by atoms with van der Waals surface area (Å²) in [5.41, 5.74) is 1.56. The van der Waals surface area contributed by atoms with Gasteiger partial charge in [0, 0.05) is 22.6 Å². The van der Waals surface area contributed by atoms with Crippen LogP contribution in [-0.4, -0.2) is 46.1 Å². The molecule has 2 aromatic heterocycles. The third kappa shape index (κ3) is 4.78. The standard InChI is InChI=1S/C24H22ClN3O4S/c1-30-18-7-4-15(5-8-18)23-26-27-24(28(23)13-19-3-2-10-31-19)33-14-20(29)22-12-16-11-17(25)6-9-21(16)32-22/h4-9,11-12,19H,2-3,10,13-14H2,1H3/t19-/m1/s1. The minimum Gasteiger partial charge on any atom is -0.497 e. The largest absolute Gasteiger partial charge is 0.497 e. The molecule has 1 saturated heterocycles. The normalized spacial score (nSPS) is 15.9. The number of hydrogen-bond donors (Lipinski definition) is 0. The summed E-state index contributed by atoms with van der Waals surface area (Å²) >= 11 is 7.38. The summed E-state index contributed by atoms with van der Waals surface area (Å²) in [4.78, 5) is 12.8. The van der Waals surface area contributed by atoms with Crippen LogP contribution in [0.5, 0.6) is 5.75 Å². The number of carbonyl (C=O) groups is 1. The van der Waals surface area contributed by atoms with Gasteiger partial charge in [-0.15, -0.1) is 10.2 Å². The zero-order chi connectivity index (χ0) is 22.8. The minimum absolute atomic E-state index is 0.105. The molecular weight excluding hydrogens is 462 g/mol. The predicted molar refractivity (Wildman–Crippen MR) is 127 cm³/mol. The van der Waals surface area contributed by atoms with Crippen LogP contribution in [0.25, 0.3) is 22.4 Å². The molecule has 0 radical (unpaired) electrons. The lowest BCUT2D eigenvalue weighted by Gasteiger charge is -2.14. The van der Waals surface area contributed by atoms with Crippen molar-refractivity contribution in [2.45, 2.75) is 30.6 Å². The van der Waals surface area contributed by atoms with Crippen LogP contribution in [-0.2, 0) is 11.3 Å². The topological polar surface area (TPSA) is 79.4 Å². The predicted octanol–water partition coefficient (Wildman–Crippen LogP) is 5.51. The van der Waals surface area contributed by atoms with Crippen molar-refractivity contribution < 1.29 is 18.7 Å². The summed E-state index contributed by atoms with van der Waals surface area (Å²) in [6, 6.07) is 14.7. The van der Waals surface area contributed by atoms with E-state index in [4.69, 9.17) is 25.5 Å². The number of benzene rings is 2. The number of methoxy groups -OCH3 is 1. The third-order valence-corrected chi connectivity index (χ3v) is 6.76. The highest BCUT2D eigenvalue weighted by Crippen LogP contribution is 2.29. The molecule has 3 heterocycles. The van der Waals surface area contributed by atoms with E-state index in [0.717, 1.165) is 42.0 Å². The maximum atomic E-state index is 12.8. The van der Waals surface area contributed by atoms with Gasteiger partial charge >= 0.3 is 0 Å². The fourth-order valence-electron chi connectivity index (χ4n) is 3.86. The summed E-state index contributed by atoms with van der Waals surface area (Å²) < 4.78 is 18.9. The van der Waals surface area contributed by atoms with Crippen LogP contribution in [0.2, 0.25) is 5.02 Å². The average Bonchev–Trinajstić information content (AvgIpc) is 3.58. The molecular formula is C24H22ClN3O4S. The second-order valence-corrected chi connectivity index (χ2v) is 9.16. The van der Waals surface area contributed by atoms with Gasteiger partial charge in [-0.2, -0.15) is 0 Å². The van der Waals surface area contributed by atoms with Crippen molar-refractivity contribution in [3.05, 3.63) is 59.3 Å². The van der Waals surface area contributed by atoms with Crippen LogP contribution in [0, 0.1) is 0 Å². The smallest absolute Gasteiger partial charge is 0.208 e. The summed E-state index contributed by atoms with van der Waals surface area (Å²) in [5.74, 6) is 1.88. The molecule has 0 N–H and O–H groups in total. The number of thioether (sulfide) groups is 1. The van der Waals surface area contributed by atoms with Crippen LogP contribution in [0.4, 0.5) is 0 Å². The summed E-state index contributed by atoms with van der Waals surface area (Å²) in [7, 11) is 1.64. The number of halogens is 1. The molecule has 4 aromatic rings. The van der Waals surface area contributed by atoms with E-state index < -0.39 is 0 Å². The first-order valence-corrected chi connectivity index (χ1v) is 12.0. The highest BCUT2D eigenvalue weighted by molar-refractivity contribution is 7.99. The SMILES string of the molecule is COc1ccc(-c2nnc(SCC(=O)c3cc4cc(Cl)ccc4o3)n2C[C@H]2CCCO2)cc1. The molecule has 0 unspecified atom stereocenters. The van der Waals surface area contributed by atoms with Crippen LogP contribution in [0.1, 0.15) is 23.4 Å². The monoisotopic (exact) mass is 483 g/mol. The number of carbonyl (C=O) groups excluding carboxylic acids is 1. The molecule has 0 amide bonds.